The number of carbonyl (C=O) groups is 1. The van der Waals surface area contributed by atoms with Gasteiger partial charge in [0.15, 0.2) is 5.16 Å². The Bertz CT molecular complexity index is 1390. The summed E-state index contributed by atoms with van der Waals surface area (Å²) in [6.45, 7) is 1.76. The van der Waals surface area contributed by atoms with Gasteiger partial charge in [0, 0.05) is 4.88 Å². The molecule has 0 bridgehead atoms. The zero-order valence-electron chi connectivity index (χ0n) is 18.0. The number of nitrogens with zero attached hydrogens (tertiary/aromatic N) is 3. The second kappa shape index (κ2) is 9.36. The van der Waals surface area contributed by atoms with Gasteiger partial charge in [0.05, 0.1) is 23.1 Å². The van der Waals surface area contributed by atoms with Crippen LogP contribution in [0.3, 0.4) is 0 Å². The van der Waals surface area contributed by atoms with E-state index in [4.69, 9.17) is 9.40 Å². The van der Waals surface area contributed by atoms with Crippen LogP contribution in [-0.4, -0.2) is 26.9 Å². The highest BCUT2D eigenvalue weighted by Gasteiger charge is 2.23. The van der Waals surface area contributed by atoms with Crippen molar-refractivity contribution in [1.82, 2.24) is 15.0 Å². The van der Waals surface area contributed by atoms with E-state index in [1.807, 2.05) is 30.3 Å². The zero-order chi connectivity index (χ0) is 22.8. The van der Waals surface area contributed by atoms with Gasteiger partial charge >= 0.3 is 0 Å². The molecule has 1 aliphatic carbocycles. The predicted molar refractivity (Wildman–Crippen MR) is 132 cm³/mol. The zero-order valence-corrected chi connectivity index (χ0v) is 19.7. The molecule has 0 saturated heterocycles. The maximum atomic E-state index is 13.7. The number of hydrogen-bond acceptors (Lipinski definition) is 7. The summed E-state index contributed by atoms with van der Waals surface area (Å²) >= 11 is 2.84. The first kappa shape index (κ1) is 21.7. The standard InChI is InChI=1S/C24H22N4O3S2/c1-15(18-11-7-13-31-18)26-27-20(29)14-32-24-25-22-21(17-10-5-6-12-19(17)33-22)23(30)28(24)16-8-3-2-4-9-16/h2-4,7-9,11,13H,5-6,10,12,14H2,1H3,(H,27,29). The number of thioether (sulfide) groups is 1. The minimum absolute atomic E-state index is 0.0693. The number of para-hydroxylation sites is 1. The van der Waals surface area contributed by atoms with Crippen LogP contribution in [0.4, 0.5) is 0 Å². The normalized spacial score (nSPS) is 13.8. The smallest absolute Gasteiger partial charge is 0.267 e. The van der Waals surface area contributed by atoms with Crippen molar-refractivity contribution in [3.05, 3.63) is 75.3 Å². The molecule has 0 unspecified atom stereocenters. The van der Waals surface area contributed by atoms with Crippen molar-refractivity contribution in [2.75, 3.05) is 5.75 Å². The minimum Gasteiger partial charge on any atom is -0.463 e. The fourth-order valence-corrected chi connectivity index (χ4v) is 6.04. The molecule has 0 fully saturated rings. The highest BCUT2D eigenvalue weighted by Crippen LogP contribution is 2.35. The molecule has 0 aliphatic heterocycles. The van der Waals surface area contributed by atoms with Crippen LogP contribution >= 0.6 is 23.1 Å². The molecular formula is C24H22N4O3S2. The van der Waals surface area contributed by atoms with Gasteiger partial charge in [0.25, 0.3) is 11.5 Å². The summed E-state index contributed by atoms with van der Waals surface area (Å²) in [6, 6.07) is 13.0. The summed E-state index contributed by atoms with van der Waals surface area (Å²) in [4.78, 5) is 33.0. The third-order valence-electron chi connectivity index (χ3n) is 5.53. The van der Waals surface area contributed by atoms with Gasteiger partial charge in [-0.05, 0) is 62.4 Å². The molecule has 3 heterocycles. The molecule has 1 aromatic carbocycles. The van der Waals surface area contributed by atoms with E-state index in [1.54, 1.807) is 41.2 Å². The van der Waals surface area contributed by atoms with E-state index >= 15 is 0 Å². The van der Waals surface area contributed by atoms with Gasteiger partial charge in [-0.3, -0.25) is 14.2 Å². The Kier molecular flexibility index (Phi) is 6.15. The highest BCUT2D eigenvalue weighted by atomic mass is 32.2. The molecule has 5 rings (SSSR count). The highest BCUT2D eigenvalue weighted by molar-refractivity contribution is 7.99. The van der Waals surface area contributed by atoms with Gasteiger partial charge in [-0.25, -0.2) is 10.4 Å². The maximum Gasteiger partial charge on any atom is 0.267 e. The Labute approximate surface area is 198 Å². The number of aromatic nitrogens is 2. The van der Waals surface area contributed by atoms with Crippen LogP contribution in [0.15, 0.2) is 68.2 Å². The predicted octanol–water partition coefficient (Wildman–Crippen LogP) is 4.55. The number of thiophene rings is 1. The number of hydrazone groups is 1. The van der Waals surface area contributed by atoms with Crippen LogP contribution in [0.5, 0.6) is 0 Å². The van der Waals surface area contributed by atoms with E-state index in [-0.39, 0.29) is 17.2 Å². The van der Waals surface area contributed by atoms with E-state index in [0.717, 1.165) is 47.2 Å². The lowest BCUT2D eigenvalue weighted by Crippen LogP contribution is -2.24. The first-order valence-electron chi connectivity index (χ1n) is 10.7. The third-order valence-corrected chi connectivity index (χ3v) is 7.66. The van der Waals surface area contributed by atoms with E-state index in [1.165, 1.54) is 16.6 Å². The molecule has 4 aromatic rings. The van der Waals surface area contributed by atoms with Crippen LogP contribution in [0.2, 0.25) is 0 Å². The van der Waals surface area contributed by atoms with Crippen molar-refractivity contribution in [1.29, 1.82) is 0 Å². The Morgan fingerprint density at radius 2 is 2.03 bits per heavy atom. The molecule has 1 N–H and O–H groups in total. The summed E-state index contributed by atoms with van der Waals surface area (Å²) in [7, 11) is 0. The third kappa shape index (κ3) is 4.38. The van der Waals surface area contributed by atoms with Gasteiger partial charge < -0.3 is 4.42 Å². The Balaban J connectivity index is 1.46. The van der Waals surface area contributed by atoms with Crippen LogP contribution in [0, 0.1) is 0 Å². The van der Waals surface area contributed by atoms with Crippen molar-refractivity contribution in [3.8, 4) is 5.69 Å². The van der Waals surface area contributed by atoms with Gasteiger partial charge in [-0.2, -0.15) is 5.10 Å². The van der Waals surface area contributed by atoms with E-state index < -0.39 is 0 Å². The summed E-state index contributed by atoms with van der Waals surface area (Å²) in [5.41, 5.74) is 4.94. The topological polar surface area (TPSA) is 89.5 Å². The monoisotopic (exact) mass is 478 g/mol. The van der Waals surface area contributed by atoms with Gasteiger partial charge in [0.1, 0.15) is 16.3 Å². The Morgan fingerprint density at radius 3 is 2.82 bits per heavy atom. The number of amides is 1. The molecular weight excluding hydrogens is 456 g/mol. The van der Waals surface area contributed by atoms with Crippen LogP contribution in [-0.2, 0) is 17.6 Å². The Morgan fingerprint density at radius 1 is 1.21 bits per heavy atom. The molecule has 33 heavy (non-hydrogen) atoms. The fraction of sp³-hybridized carbons (Fsp3) is 0.250. The summed E-state index contributed by atoms with van der Waals surface area (Å²) in [6.07, 6.45) is 5.71. The second-order valence-electron chi connectivity index (χ2n) is 7.76. The van der Waals surface area contributed by atoms with Crippen LogP contribution in [0.25, 0.3) is 15.9 Å². The average Bonchev–Trinajstić information content (AvgIpc) is 3.50. The minimum atomic E-state index is -0.287. The van der Waals surface area contributed by atoms with Gasteiger partial charge in [0.2, 0.25) is 0 Å². The number of benzene rings is 1. The van der Waals surface area contributed by atoms with Crippen molar-refractivity contribution in [3.63, 3.8) is 0 Å². The molecule has 1 aliphatic rings. The largest absolute Gasteiger partial charge is 0.463 e. The SMILES string of the molecule is CC(=NNC(=O)CSc1nc2sc3c(c2c(=O)n1-c1ccccc1)CCCC3)c1ccco1. The average molecular weight is 479 g/mol. The molecule has 0 spiro atoms. The Hall–Kier alpha value is -3.17. The molecule has 0 atom stereocenters. The summed E-state index contributed by atoms with van der Waals surface area (Å²) in [5.74, 6) is 0.380. The van der Waals surface area contributed by atoms with Crippen molar-refractivity contribution >= 4 is 44.9 Å². The molecule has 3 aromatic heterocycles. The summed E-state index contributed by atoms with van der Waals surface area (Å²) in [5, 5.41) is 5.32. The van der Waals surface area contributed by atoms with E-state index in [9.17, 15) is 9.59 Å². The maximum absolute atomic E-state index is 13.7. The molecule has 7 nitrogen and oxygen atoms in total. The number of rotatable bonds is 6. The number of aryl methyl sites for hydroxylation is 2. The van der Waals surface area contributed by atoms with Gasteiger partial charge in [-0.1, -0.05) is 30.0 Å². The van der Waals surface area contributed by atoms with Gasteiger partial charge in [-0.15, -0.1) is 11.3 Å². The second-order valence-corrected chi connectivity index (χ2v) is 9.79. The number of nitrogens with one attached hydrogen (secondary N) is 1. The molecule has 168 valence electrons. The molecule has 0 saturated carbocycles. The van der Waals surface area contributed by atoms with Crippen molar-refractivity contribution in [2.24, 2.45) is 5.10 Å². The van der Waals surface area contributed by atoms with E-state index in [2.05, 4.69) is 10.5 Å². The number of carbonyl (C=O) groups excluding carboxylic acids is 1. The first-order valence-corrected chi connectivity index (χ1v) is 12.5. The van der Waals surface area contributed by atoms with E-state index in [0.29, 0.717) is 16.6 Å². The van der Waals surface area contributed by atoms with Crippen molar-refractivity contribution in [2.45, 2.75) is 37.8 Å². The first-order chi connectivity index (χ1) is 16.1. The number of furan rings is 1. The lowest BCUT2D eigenvalue weighted by molar-refractivity contribution is -0.118. The molecule has 9 heteroatoms. The number of fused-ring (bicyclic) bond motifs is 3. The number of hydrogen-bond donors (Lipinski definition) is 1. The van der Waals surface area contributed by atoms with Crippen LogP contribution < -0.4 is 11.0 Å². The van der Waals surface area contributed by atoms with Crippen molar-refractivity contribution < 1.29 is 9.21 Å². The summed E-state index contributed by atoms with van der Waals surface area (Å²) < 4.78 is 6.90. The fourth-order valence-electron chi connectivity index (χ4n) is 3.94. The quantitative estimate of drug-likeness (QED) is 0.190. The molecule has 1 amide bonds. The lowest BCUT2D eigenvalue weighted by atomic mass is 9.97. The lowest BCUT2D eigenvalue weighted by Gasteiger charge is -2.13. The van der Waals surface area contributed by atoms with Crippen LogP contribution in [0.1, 0.15) is 36.0 Å². The molecule has 0 radical (unpaired) electrons.